The molecule has 0 radical (unpaired) electrons. The highest BCUT2D eigenvalue weighted by Gasteiger charge is 2.29. The summed E-state index contributed by atoms with van der Waals surface area (Å²) in [6, 6.07) is 10.3. The van der Waals surface area contributed by atoms with Crippen molar-refractivity contribution in [3.8, 4) is 22.5 Å². The lowest BCUT2D eigenvalue weighted by molar-refractivity contribution is 0.102. The minimum Gasteiger partial charge on any atom is -0.317 e. The summed E-state index contributed by atoms with van der Waals surface area (Å²) < 4.78 is 17.9. The first-order valence-corrected chi connectivity index (χ1v) is 15.4. The van der Waals surface area contributed by atoms with Crippen LogP contribution in [0.4, 0.5) is 10.2 Å². The van der Waals surface area contributed by atoms with E-state index in [1.54, 1.807) is 33.7 Å². The van der Waals surface area contributed by atoms with Crippen LogP contribution in [0.1, 0.15) is 92.9 Å². The van der Waals surface area contributed by atoms with Crippen molar-refractivity contribution in [2.45, 2.75) is 77.7 Å². The summed E-state index contributed by atoms with van der Waals surface area (Å²) in [6.07, 6.45) is 10.4. The van der Waals surface area contributed by atoms with Gasteiger partial charge in [0.2, 0.25) is 0 Å². The Bertz CT molecular complexity index is 1720. The summed E-state index contributed by atoms with van der Waals surface area (Å²) in [5.74, 6) is 1.60. The van der Waals surface area contributed by atoms with Crippen molar-refractivity contribution in [2.75, 3.05) is 5.32 Å². The third kappa shape index (κ3) is 6.45. The zero-order chi connectivity index (χ0) is 30.2. The molecule has 3 heterocycles. The van der Waals surface area contributed by atoms with Gasteiger partial charge in [0.05, 0.1) is 0 Å². The number of carbonyl (C=O) groups is 1. The van der Waals surface area contributed by atoms with Crippen LogP contribution in [-0.2, 0) is 13.5 Å². The maximum absolute atomic E-state index is 14.4. The number of aromatic nitrogens is 5. The van der Waals surface area contributed by atoms with Crippen LogP contribution in [0.2, 0.25) is 0 Å². The first-order valence-electron chi connectivity index (χ1n) is 15.4. The molecule has 0 spiro atoms. The lowest BCUT2D eigenvalue weighted by Crippen LogP contribution is -2.29. The number of aryl methyl sites for hydroxylation is 2. The van der Waals surface area contributed by atoms with Crippen LogP contribution in [0.5, 0.6) is 0 Å². The number of hydrogen-bond donors (Lipinski definition) is 1. The van der Waals surface area contributed by atoms with E-state index in [0.29, 0.717) is 35.0 Å². The summed E-state index contributed by atoms with van der Waals surface area (Å²) in [7, 11) is 1.81. The number of anilines is 1. The van der Waals surface area contributed by atoms with Crippen molar-refractivity contribution in [1.29, 1.82) is 0 Å². The van der Waals surface area contributed by atoms with Crippen molar-refractivity contribution in [2.24, 2.45) is 18.9 Å². The summed E-state index contributed by atoms with van der Waals surface area (Å²) >= 11 is 0. The average Bonchev–Trinajstić information content (AvgIpc) is 3.91. The predicted octanol–water partition coefficient (Wildman–Crippen LogP) is 6.92. The van der Waals surface area contributed by atoms with Gasteiger partial charge in [-0.3, -0.25) is 9.59 Å². The van der Waals surface area contributed by atoms with Gasteiger partial charge in [0.1, 0.15) is 23.5 Å². The molecule has 1 atom stereocenters. The Kier molecular flexibility index (Phi) is 7.99. The molecular formula is C34H39FN6O2. The molecule has 9 heteroatoms. The van der Waals surface area contributed by atoms with Crippen molar-refractivity contribution >= 4 is 11.7 Å². The molecule has 2 fully saturated rings. The van der Waals surface area contributed by atoms with E-state index < -0.39 is 5.91 Å². The molecule has 2 saturated carbocycles. The van der Waals surface area contributed by atoms with Crippen molar-refractivity contribution < 1.29 is 9.18 Å². The number of halogens is 1. The summed E-state index contributed by atoms with van der Waals surface area (Å²) in [4.78, 5) is 31.9. The summed E-state index contributed by atoms with van der Waals surface area (Å²) in [5.41, 5.74) is 3.89. The third-order valence-corrected chi connectivity index (χ3v) is 8.87. The Morgan fingerprint density at radius 2 is 1.86 bits per heavy atom. The molecular weight excluding hydrogens is 543 g/mol. The standard InChI is InChI=1S/C34H39FN6O2/c1-20(2)21(3)6-5-7-22-14-29(34(43)41(18-22)26-11-12-26)33(42)38-31-16-24(15-30(37-31)23-8-9-23)27-13-10-25(35)17-28(27)32-39-36-19-40(32)4/h10,13-21,23,26H,5-9,11-12H2,1-4H3,(H,37,38,42)/t21-/m1/s1. The van der Waals surface area contributed by atoms with Gasteiger partial charge in [0.15, 0.2) is 5.82 Å². The van der Waals surface area contributed by atoms with E-state index in [2.05, 4.69) is 36.3 Å². The van der Waals surface area contributed by atoms with Gasteiger partial charge in [-0.05, 0) is 97.4 Å². The second kappa shape index (κ2) is 11.9. The van der Waals surface area contributed by atoms with Gasteiger partial charge in [0, 0.05) is 36.5 Å². The first-order chi connectivity index (χ1) is 20.7. The minimum atomic E-state index is -0.462. The smallest absolute Gasteiger partial charge is 0.263 e. The normalized spacial score (nSPS) is 15.6. The quantitative estimate of drug-likeness (QED) is 0.207. The highest BCUT2D eigenvalue weighted by molar-refractivity contribution is 6.04. The van der Waals surface area contributed by atoms with E-state index in [9.17, 15) is 14.0 Å². The van der Waals surface area contributed by atoms with E-state index in [1.807, 2.05) is 19.3 Å². The Labute approximate surface area is 251 Å². The molecule has 6 rings (SSSR count). The molecule has 0 saturated heterocycles. The molecule has 2 aliphatic carbocycles. The second-order valence-corrected chi connectivity index (χ2v) is 12.7. The number of amides is 1. The van der Waals surface area contributed by atoms with Gasteiger partial charge in [-0.15, -0.1) is 10.2 Å². The van der Waals surface area contributed by atoms with Gasteiger partial charge in [-0.2, -0.15) is 0 Å². The molecule has 0 unspecified atom stereocenters. The Hall–Kier alpha value is -4.14. The van der Waals surface area contributed by atoms with E-state index in [1.165, 1.54) is 12.1 Å². The molecule has 1 aromatic carbocycles. The van der Waals surface area contributed by atoms with Crippen molar-refractivity contribution in [3.05, 3.63) is 81.9 Å². The minimum absolute atomic E-state index is 0.142. The highest BCUT2D eigenvalue weighted by atomic mass is 19.1. The molecule has 0 aliphatic heterocycles. The van der Waals surface area contributed by atoms with Gasteiger partial charge in [0.25, 0.3) is 11.5 Å². The van der Waals surface area contributed by atoms with Crippen LogP contribution in [0.15, 0.2) is 53.7 Å². The molecule has 2 aliphatic rings. The SMILES string of the molecule is CC(C)[C@H](C)CCCc1cc(C(=O)Nc2cc(-c3ccc(F)cc3-c3nncn3C)cc(C3CC3)n2)c(=O)n(C2CC2)c1. The monoisotopic (exact) mass is 582 g/mol. The first kappa shape index (κ1) is 29.0. The molecule has 0 bridgehead atoms. The highest BCUT2D eigenvalue weighted by Crippen LogP contribution is 2.42. The zero-order valence-corrected chi connectivity index (χ0v) is 25.3. The van der Waals surface area contributed by atoms with E-state index >= 15 is 0 Å². The predicted molar refractivity (Wildman–Crippen MR) is 165 cm³/mol. The van der Waals surface area contributed by atoms with Crippen LogP contribution in [0, 0.1) is 17.7 Å². The summed E-state index contributed by atoms with van der Waals surface area (Å²) in [6.45, 7) is 6.75. The number of rotatable bonds is 11. The molecule has 1 N–H and O–H groups in total. The fourth-order valence-electron chi connectivity index (χ4n) is 5.57. The van der Waals surface area contributed by atoms with Gasteiger partial charge in [-0.25, -0.2) is 9.37 Å². The number of nitrogens with zero attached hydrogens (tertiary/aromatic N) is 5. The van der Waals surface area contributed by atoms with Gasteiger partial charge >= 0.3 is 0 Å². The Balaban J connectivity index is 1.33. The fraction of sp³-hybridized carbons (Fsp3) is 0.441. The van der Waals surface area contributed by atoms with Gasteiger partial charge in [-0.1, -0.05) is 33.3 Å². The number of nitrogens with one attached hydrogen (secondary N) is 1. The van der Waals surface area contributed by atoms with E-state index in [4.69, 9.17) is 4.98 Å². The Morgan fingerprint density at radius 1 is 1.07 bits per heavy atom. The Morgan fingerprint density at radius 3 is 2.53 bits per heavy atom. The molecule has 43 heavy (non-hydrogen) atoms. The number of pyridine rings is 2. The fourth-order valence-corrected chi connectivity index (χ4v) is 5.57. The van der Waals surface area contributed by atoms with Crippen LogP contribution >= 0.6 is 0 Å². The van der Waals surface area contributed by atoms with Crippen LogP contribution < -0.4 is 10.9 Å². The van der Waals surface area contributed by atoms with E-state index in [-0.39, 0.29) is 23.0 Å². The lowest BCUT2D eigenvalue weighted by atomic mass is 9.92. The summed E-state index contributed by atoms with van der Waals surface area (Å²) in [5, 5.41) is 11.1. The van der Waals surface area contributed by atoms with Crippen molar-refractivity contribution in [1.82, 2.24) is 24.3 Å². The molecule has 8 nitrogen and oxygen atoms in total. The van der Waals surface area contributed by atoms with Gasteiger partial charge < -0.3 is 14.5 Å². The molecule has 3 aromatic heterocycles. The second-order valence-electron chi connectivity index (χ2n) is 12.7. The lowest BCUT2D eigenvalue weighted by Gasteiger charge is -2.16. The zero-order valence-electron chi connectivity index (χ0n) is 25.3. The third-order valence-electron chi connectivity index (χ3n) is 8.87. The van der Waals surface area contributed by atoms with Crippen molar-refractivity contribution in [3.63, 3.8) is 0 Å². The largest absolute Gasteiger partial charge is 0.317 e. The van der Waals surface area contributed by atoms with E-state index in [0.717, 1.165) is 67.3 Å². The number of hydrogen-bond acceptors (Lipinski definition) is 5. The average molecular weight is 583 g/mol. The number of benzene rings is 1. The molecule has 1 amide bonds. The van der Waals surface area contributed by atoms with Crippen LogP contribution in [-0.4, -0.2) is 30.2 Å². The maximum atomic E-state index is 14.4. The van der Waals surface area contributed by atoms with Crippen LogP contribution in [0.3, 0.4) is 0 Å². The van der Waals surface area contributed by atoms with Crippen LogP contribution in [0.25, 0.3) is 22.5 Å². The molecule has 4 aromatic rings. The topological polar surface area (TPSA) is 94.7 Å². The molecule has 224 valence electrons. The number of carbonyl (C=O) groups excluding carboxylic acids is 1. The maximum Gasteiger partial charge on any atom is 0.263 e.